The summed E-state index contributed by atoms with van der Waals surface area (Å²) in [6, 6.07) is 60.3. The average Bonchev–Trinajstić information content (AvgIpc) is 3.34. The summed E-state index contributed by atoms with van der Waals surface area (Å²) < 4.78 is 0. The van der Waals surface area contributed by atoms with E-state index >= 15 is 0 Å². The van der Waals surface area contributed by atoms with Crippen LogP contribution in [0, 0.1) is 0 Å². The zero-order valence-electron chi connectivity index (χ0n) is 26.0. The summed E-state index contributed by atoms with van der Waals surface area (Å²) in [5.74, 6) is 0. The highest BCUT2D eigenvalue weighted by Gasteiger charge is 2.35. The van der Waals surface area contributed by atoms with Crippen molar-refractivity contribution >= 4 is 49.4 Å². The second-order valence-electron chi connectivity index (χ2n) is 13.0. The number of nitrogens with zero attached hydrogens (tertiary/aromatic N) is 1. The second kappa shape index (κ2) is 10.2. The fourth-order valence-corrected chi connectivity index (χ4v) is 7.70. The van der Waals surface area contributed by atoms with E-state index in [2.05, 4.69) is 183 Å². The molecule has 0 aromatic heterocycles. The van der Waals surface area contributed by atoms with Crippen molar-refractivity contribution in [2.24, 2.45) is 0 Å². The predicted molar refractivity (Wildman–Crippen MR) is 197 cm³/mol. The van der Waals surface area contributed by atoms with Crippen LogP contribution in [0.3, 0.4) is 0 Å². The molecule has 1 heteroatoms. The van der Waals surface area contributed by atoms with Crippen molar-refractivity contribution in [2.45, 2.75) is 19.3 Å². The van der Waals surface area contributed by atoms with Gasteiger partial charge in [-0.25, -0.2) is 0 Å². The van der Waals surface area contributed by atoms with Gasteiger partial charge in [-0.15, -0.1) is 0 Å². The van der Waals surface area contributed by atoms with Crippen LogP contribution in [0.25, 0.3) is 54.6 Å². The molecule has 0 saturated heterocycles. The molecule has 1 aliphatic rings. The van der Waals surface area contributed by atoms with Gasteiger partial charge in [0.15, 0.2) is 0 Å². The Hall–Kier alpha value is -5.66. The lowest BCUT2D eigenvalue weighted by atomic mass is 9.82. The van der Waals surface area contributed by atoms with E-state index in [-0.39, 0.29) is 5.41 Å². The molecule has 8 aromatic carbocycles. The average molecular weight is 588 g/mol. The highest BCUT2D eigenvalue weighted by Crippen LogP contribution is 2.51. The molecule has 0 fully saturated rings. The van der Waals surface area contributed by atoms with E-state index in [0.717, 1.165) is 17.1 Å². The molecule has 0 atom stereocenters. The molecule has 0 bridgehead atoms. The quantitative estimate of drug-likeness (QED) is 0.185. The van der Waals surface area contributed by atoms with Crippen LogP contribution < -0.4 is 4.90 Å². The maximum atomic E-state index is 2.43. The summed E-state index contributed by atoms with van der Waals surface area (Å²) in [5.41, 5.74) is 11.3. The largest absolute Gasteiger partial charge is 0.310 e. The first kappa shape index (κ1) is 26.7. The summed E-state index contributed by atoms with van der Waals surface area (Å²) in [6.45, 7) is 4.71. The predicted octanol–water partition coefficient (Wildman–Crippen LogP) is 12.6. The van der Waals surface area contributed by atoms with E-state index < -0.39 is 0 Å². The van der Waals surface area contributed by atoms with Crippen molar-refractivity contribution in [3.8, 4) is 22.3 Å². The molecule has 8 aromatic rings. The van der Waals surface area contributed by atoms with Crippen LogP contribution in [-0.4, -0.2) is 0 Å². The fraction of sp³-hybridized carbons (Fsp3) is 0.0667. The Labute approximate surface area is 270 Å². The van der Waals surface area contributed by atoms with Gasteiger partial charge in [-0.3, -0.25) is 0 Å². The fourth-order valence-electron chi connectivity index (χ4n) is 7.70. The number of benzene rings is 8. The first-order valence-corrected chi connectivity index (χ1v) is 16.1. The van der Waals surface area contributed by atoms with Crippen molar-refractivity contribution in [1.82, 2.24) is 0 Å². The molecule has 1 nitrogen and oxygen atoms in total. The summed E-state index contributed by atoms with van der Waals surface area (Å²) >= 11 is 0. The molecule has 46 heavy (non-hydrogen) atoms. The maximum Gasteiger partial charge on any atom is 0.0468 e. The molecule has 0 aliphatic heterocycles. The topological polar surface area (TPSA) is 3.24 Å². The summed E-state index contributed by atoms with van der Waals surface area (Å²) in [4.78, 5) is 2.43. The van der Waals surface area contributed by atoms with Gasteiger partial charge >= 0.3 is 0 Å². The number of rotatable bonds is 4. The molecular formula is C45H33N. The van der Waals surface area contributed by atoms with Gasteiger partial charge in [-0.1, -0.05) is 135 Å². The summed E-state index contributed by atoms with van der Waals surface area (Å²) in [5, 5.41) is 7.58. The zero-order valence-corrected chi connectivity index (χ0v) is 26.0. The van der Waals surface area contributed by atoms with Crippen LogP contribution in [0.2, 0.25) is 0 Å². The standard InChI is InChI=1S/C45H33N/c1-45(2)43-21-10-9-20-40(43)41-25-24-36(29-44(41)45)46(35-23-22-30-12-3-4-13-31(30)26-35)34-16-11-15-32(27-34)42-28-33-14-5-6-17-37(33)38-18-7-8-19-39(38)42/h3-29H,1-2H3. The van der Waals surface area contributed by atoms with Gasteiger partial charge in [-0.05, 0) is 108 Å². The van der Waals surface area contributed by atoms with Crippen LogP contribution in [0.15, 0.2) is 164 Å². The minimum Gasteiger partial charge on any atom is -0.310 e. The van der Waals surface area contributed by atoms with Gasteiger partial charge in [0, 0.05) is 22.5 Å². The van der Waals surface area contributed by atoms with Crippen LogP contribution in [0.5, 0.6) is 0 Å². The third-order valence-corrected chi connectivity index (χ3v) is 10.00. The van der Waals surface area contributed by atoms with Crippen LogP contribution >= 0.6 is 0 Å². The van der Waals surface area contributed by atoms with E-state index in [9.17, 15) is 0 Å². The first-order chi connectivity index (χ1) is 22.6. The highest BCUT2D eigenvalue weighted by atomic mass is 15.1. The maximum absolute atomic E-state index is 2.43. The SMILES string of the molecule is CC1(C)c2ccccc2-c2ccc(N(c3cccc(-c4cc5ccccc5c5ccccc45)c3)c3ccc4ccccc4c3)cc21. The van der Waals surface area contributed by atoms with Gasteiger partial charge < -0.3 is 4.90 Å². The smallest absolute Gasteiger partial charge is 0.0468 e. The zero-order chi connectivity index (χ0) is 30.8. The third kappa shape index (κ3) is 4.09. The van der Waals surface area contributed by atoms with Crippen molar-refractivity contribution < 1.29 is 0 Å². The Bertz CT molecular complexity index is 2470. The Morgan fingerprint density at radius 3 is 1.87 bits per heavy atom. The van der Waals surface area contributed by atoms with Gasteiger partial charge in [0.2, 0.25) is 0 Å². The molecule has 0 heterocycles. The van der Waals surface area contributed by atoms with Crippen molar-refractivity contribution in [3.05, 3.63) is 175 Å². The molecule has 0 N–H and O–H groups in total. The lowest BCUT2D eigenvalue weighted by Gasteiger charge is -2.29. The van der Waals surface area contributed by atoms with Crippen molar-refractivity contribution in [3.63, 3.8) is 0 Å². The molecule has 0 amide bonds. The van der Waals surface area contributed by atoms with E-state index in [0.29, 0.717) is 0 Å². The molecule has 0 spiro atoms. The third-order valence-electron chi connectivity index (χ3n) is 10.00. The van der Waals surface area contributed by atoms with Gasteiger partial charge in [-0.2, -0.15) is 0 Å². The van der Waals surface area contributed by atoms with Gasteiger partial charge in [0.05, 0.1) is 0 Å². The van der Waals surface area contributed by atoms with Gasteiger partial charge in [0.1, 0.15) is 0 Å². The van der Waals surface area contributed by atoms with Crippen LogP contribution in [0.4, 0.5) is 17.1 Å². The normalized spacial score (nSPS) is 13.2. The Morgan fingerprint density at radius 2 is 1.00 bits per heavy atom. The molecule has 9 rings (SSSR count). The molecule has 218 valence electrons. The van der Waals surface area contributed by atoms with E-state index in [1.54, 1.807) is 0 Å². The number of hydrogen-bond acceptors (Lipinski definition) is 1. The number of fused-ring (bicyclic) bond motifs is 7. The molecule has 0 unspecified atom stereocenters. The monoisotopic (exact) mass is 587 g/mol. The van der Waals surface area contributed by atoms with Crippen LogP contribution in [-0.2, 0) is 5.41 Å². The minimum absolute atomic E-state index is 0.0805. The van der Waals surface area contributed by atoms with E-state index in [1.165, 1.54) is 65.7 Å². The Morgan fingerprint density at radius 1 is 0.370 bits per heavy atom. The number of hydrogen-bond donors (Lipinski definition) is 0. The summed E-state index contributed by atoms with van der Waals surface area (Å²) in [7, 11) is 0. The molecule has 1 aliphatic carbocycles. The lowest BCUT2D eigenvalue weighted by Crippen LogP contribution is -2.16. The second-order valence-corrected chi connectivity index (χ2v) is 13.0. The number of anilines is 3. The summed E-state index contributed by atoms with van der Waals surface area (Å²) in [6.07, 6.45) is 0. The minimum atomic E-state index is -0.0805. The van der Waals surface area contributed by atoms with Crippen molar-refractivity contribution in [1.29, 1.82) is 0 Å². The lowest BCUT2D eigenvalue weighted by molar-refractivity contribution is 0.660. The molecule has 0 saturated carbocycles. The molecule has 0 radical (unpaired) electrons. The van der Waals surface area contributed by atoms with Crippen LogP contribution in [0.1, 0.15) is 25.0 Å². The van der Waals surface area contributed by atoms with Crippen molar-refractivity contribution in [2.75, 3.05) is 4.90 Å². The first-order valence-electron chi connectivity index (χ1n) is 16.1. The highest BCUT2D eigenvalue weighted by molar-refractivity contribution is 6.14. The van der Waals surface area contributed by atoms with E-state index in [1.807, 2.05) is 0 Å². The Kier molecular flexibility index (Phi) is 5.92. The molecular weight excluding hydrogens is 555 g/mol. The Balaban J connectivity index is 1.26. The van der Waals surface area contributed by atoms with E-state index in [4.69, 9.17) is 0 Å². The van der Waals surface area contributed by atoms with Gasteiger partial charge in [0.25, 0.3) is 0 Å².